The highest BCUT2D eigenvalue weighted by Crippen LogP contribution is 2.24. The third-order valence-corrected chi connectivity index (χ3v) is 3.99. The van der Waals surface area contributed by atoms with Crippen LogP contribution in [0.15, 0.2) is 0 Å². The standard InChI is InChI=1S/C13H21N3O4/c1-7(11(17)15-9-3-4-9)14-13(20)16-6-5-10(8(16)2)12(18)19/h7-10H,3-6H2,1-2H3,(H,14,20)(H,15,17)(H,18,19). The van der Waals surface area contributed by atoms with Gasteiger partial charge in [0.1, 0.15) is 6.04 Å². The van der Waals surface area contributed by atoms with Gasteiger partial charge in [-0.25, -0.2) is 4.79 Å². The Morgan fingerprint density at radius 2 is 1.90 bits per heavy atom. The summed E-state index contributed by atoms with van der Waals surface area (Å²) in [7, 11) is 0. The lowest BCUT2D eigenvalue weighted by atomic mass is 10.0. The van der Waals surface area contributed by atoms with Crippen LogP contribution in [0.3, 0.4) is 0 Å². The molecule has 2 rings (SSSR count). The Morgan fingerprint density at radius 3 is 2.40 bits per heavy atom. The number of carbonyl (C=O) groups is 3. The van der Waals surface area contributed by atoms with Crippen LogP contribution in [0.25, 0.3) is 0 Å². The molecule has 1 heterocycles. The van der Waals surface area contributed by atoms with Crippen molar-refractivity contribution in [2.45, 2.75) is 51.2 Å². The van der Waals surface area contributed by atoms with Crippen molar-refractivity contribution in [1.82, 2.24) is 15.5 Å². The number of nitrogens with one attached hydrogen (secondary N) is 2. The van der Waals surface area contributed by atoms with Crippen molar-refractivity contribution in [3.05, 3.63) is 0 Å². The first kappa shape index (κ1) is 14.6. The molecule has 3 N–H and O–H groups in total. The fourth-order valence-corrected chi connectivity index (χ4v) is 2.44. The molecule has 2 aliphatic rings. The van der Waals surface area contributed by atoms with Gasteiger partial charge in [-0.15, -0.1) is 0 Å². The first-order valence-corrected chi connectivity index (χ1v) is 7.00. The van der Waals surface area contributed by atoms with Crippen molar-refractivity contribution in [3.8, 4) is 0 Å². The summed E-state index contributed by atoms with van der Waals surface area (Å²) in [5.41, 5.74) is 0. The van der Waals surface area contributed by atoms with Gasteiger partial charge in [0.2, 0.25) is 5.91 Å². The van der Waals surface area contributed by atoms with Crippen LogP contribution < -0.4 is 10.6 Å². The fourth-order valence-electron chi connectivity index (χ4n) is 2.44. The van der Waals surface area contributed by atoms with E-state index in [-0.39, 0.29) is 24.0 Å². The van der Waals surface area contributed by atoms with Crippen LogP contribution in [-0.4, -0.2) is 52.6 Å². The lowest BCUT2D eigenvalue weighted by Gasteiger charge is -2.25. The summed E-state index contributed by atoms with van der Waals surface area (Å²) in [4.78, 5) is 36.3. The molecule has 1 aliphatic carbocycles. The monoisotopic (exact) mass is 283 g/mol. The van der Waals surface area contributed by atoms with E-state index in [9.17, 15) is 14.4 Å². The molecular weight excluding hydrogens is 262 g/mol. The van der Waals surface area contributed by atoms with Gasteiger partial charge in [0.25, 0.3) is 0 Å². The van der Waals surface area contributed by atoms with E-state index in [0.29, 0.717) is 13.0 Å². The fraction of sp³-hybridized carbons (Fsp3) is 0.769. The molecule has 0 bridgehead atoms. The Morgan fingerprint density at radius 1 is 1.25 bits per heavy atom. The van der Waals surface area contributed by atoms with E-state index in [4.69, 9.17) is 5.11 Å². The van der Waals surface area contributed by atoms with E-state index in [1.165, 1.54) is 4.90 Å². The lowest BCUT2D eigenvalue weighted by Crippen LogP contribution is -2.51. The molecule has 0 aromatic heterocycles. The summed E-state index contributed by atoms with van der Waals surface area (Å²) in [6.45, 7) is 3.76. The zero-order valence-corrected chi connectivity index (χ0v) is 11.8. The normalized spacial score (nSPS) is 27.0. The van der Waals surface area contributed by atoms with Crippen LogP contribution in [-0.2, 0) is 9.59 Å². The Hall–Kier alpha value is -1.79. The Bertz CT molecular complexity index is 422. The number of carboxylic acids is 1. The van der Waals surface area contributed by atoms with Gasteiger partial charge in [-0.2, -0.15) is 0 Å². The first-order valence-electron chi connectivity index (χ1n) is 7.00. The highest BCUT2D eigenvalue weighted by molar-refractivity contribution is 5.87. The van der Waals surface area contributed by atoms with Crippen molar-refractivity contribution in [3.63, 3.8) is 0 Å². The van der Waals surface area contributed by atoms with Gasteiger partial charge in [-0.3, -0.25) is 9.59 Å². The number of hydrogen-bond donors (Lipinski definition) is 3. The minimum atomic E-state index is -0.882. The van der Waals surface area contributed by atoms with Crippen LogP contribution in [0.2, 0.25) is 0 Å². The highest BCUT2D eigenvalue weighted by Gasteiger charge is 2.38. The molecule has 3 unspecified atom stereocenters. The Kier molecular flexibility index (Phi) is 4.15. The SMILES string of the molecule is CC(NC(=O)N1CCC(C(=O)O)C1C)C(=O)NC1CC1. The summed E-state index contributed by atoms with van der Waals surface area (Å²) in [5.74, 6) is -1.61. The first-order chi connectivity index (χ1) is 9.40. The number of hydrogen-bond acceptors (Lipinski definition) is 3. The van der Waals surface area contributed by atoms with Crippen molar-refractivity contribution < 1.29 is 19.5 Å². The summed E-state index contributed by atoms with van der Waals surface area (Å²) in [6, 6.07) is -1.09. The third kappa shape index (κ3) is 3.20. The number of aliphatic carboxylic acids is 1. The molecule has 3 amide bonds. The van der Waals surface area contributed by atoms with E-state index < -0.39 is 17.9 Å². The van der Waals surface area contributed by atoms with Crippen LogP contribution in [0, 0.1) is 5.92 Å². The largest absolute Gasteiger partial charge is 0.481 e. The summed E-state index contributed by atoms with van der Waals surface area (Å²) in [5, 5.41) is 14.5. The molecule has 3 atom stereocenters. The smallest absolute Gasteiger partial charge is 0.318 e. The van der Waals surface area contributed by atoms with Crippen LogP contribution in [0.1, 0.15) is 33.1 Å². The van der Waals surface area contributed by atoms with Gasteiger partial charge in [0.05, 0.1) is 5.92 Å². The topological polar surface area (TPSA) is 98.7 Å². The highest BCUT2D eigenvalue weighted by atomic mass is 16.4. The molecule has 1 saturated carbocycles. The van der Waals surface area contributed by atoms with E-state index in [1.54, 1.807) is 13.8 Å². The minimum Gasteiger partial charge on any atom is -0.481 e. The number of nitrogens with zero attached hydrogens (tertiary/aromatic N) is 1. The average Bonchev–Trinajstić information content (AvgIpc) is 3.08. The van der Waals surface area contributed by atoms with Gasteiger partial charge in [0, 0.05) is 18.6 Å². The second-order valence-electron chi connectivity index (χ2n) is 5.62. The molecule has 0 spiro atoms. The molecule has 0 aromatic rings. The van der Waals surface area contributed by atoms with Crippen LogP contribution in [0.4, 0.5) is 4.79 Å². The number of carbonyl (C=O) groups excluding carboxylic acids is 2. The molecule has 1 saturated heterocycles. The summed E-state index contributed by atoms with van der Waals surface area (Å²) < 4.78 is 0. The summed E-state index contributed by atoms with van der Waals surface area (Å²) >= 11 is 0. The molecule has 1 aliphatic heterocycles. The van der Waals surface area contributed by atoms with Crippen molar-refractivity contribution >= 4 is 17.9 Å². The van der Waals surface area contributed by atoms with Crippen LogP contribution in [0.5, 0.6) is 0 Å². The molecule has 112 valence electrons. The molecule has 2 fully saturated rings. The van der Waals surface area contributed by atoms with Crippen LogP contribution >= 0.6 is 0 Å². The van der Waals surface area contributed by atoms with E-state index >= 15 is 0 Å². The maximum absolute atomic E-state index is 12.1. The maximum atomic E-state index is 12.1. The quantitative estimate of drug-likeness (QED) is 0.684. The lowest BCUT2D eigenvalue weighted by molar-refractivity contribution is -0.142. The molecular formula is C13H21N3O4. The number of likely N-dealkylation sites (tertiary alicyclic amines) is 1. The third-order valence-electron chi connectivity index (χ3n) is 3.99. The molecule has 20 heavy (non-hydrogen) atoms. The molecule has 0 aromatic carbocycles. The van der Waals surface area contributed by atoms with Crippen molar-refractivity contribution in [2.75, 3.05) is 6.54 Å². The second-order valence-corrected chi connectivity index (χ2v) is 5.62. The van der Waals surface area contributed by atoms with Gasteiger partial charge in [-0.1, -0.05) is 0 Å². The van der Waals surface area contributed by atoms with E-state index in [0.717, 1.165) is 12.8 Å². The Balaban J connectivity index is 1.85. The van der Waals surface area contributed by atoms with Crippen molar-refractivity contribution in [2.24, 2.45) is 5.92 Å². The van der Waals surface area contributed by atoms with E-state index in [2.05, 4.69) is 10.6 Å². The van der Waals surface area contributed by atoms with Gasteiger partial charge >= 0.3 is 12.0 Å². The predicted molar refractivity (Wildman–Crippen MR) is 71.1 cm³/mol. The minimum absolute atomic E-state index is 0.192. The van der Waals surface area contributed by atoms with Crippen molar-refractivity contribution in [1.29, 1.82) is 0 Å². The van der Waals surface area contributed by atoms with Gasteiger partial charge < -0.3 is 20.6 Å². The second kappa shape index (κ2) is 5.68. The zero-order chi connectivity index (χ0) is 14.9. The number of urea groups is 1. The number of amides is 3. The van der Waals surface area contributed by atoms with Gasteiger partial charge in [0.15, 0.2) is 0 Å². The Labute approximate surface area is 117 Å². The molecule has 7 heteroatoms. The summed E-state index contributed by atoms with van der Waals surface area (Å²) in [6.07, 6.45) is 2.44. The van der Waals surface area contributed by atoms with Gasteiger partial charge in [-0.05, 0) is 33.1 Å². The predicted octanol–water partition coefficient (Wildman–Crippen LogP) is 0.158. The van der Waals surface area contributed by atoms with E-state index in [1.807, 2.05) is 0 Å². The number of carboxylic acid groups (broad SMARTS) is 1. The molecule has 0 radical (unpaired) electrons. The number of rotatable bonds is 4. The average molecular weight is 283 g/mol. The molecule has 7 nitrogen and oxygen atoms in total. The maximum Gasteiger partial charge on any atom is 0.318 e. The zero-order valence-electron chi connectivity index (χ0n) is 11.8.